The summed E-state index contributed by atoms with van der Waals surface area (Å²) in [6.07, 6.45) is 9.17. The molecule has 1 aromatic heterocycles. The standard InChI is InChI=1S/C21H21N3O2S/c1-23-21(18-8-7-17(26-2)11-16(18)14-25)19(12-22)20(27-3)9-6-15-5-4-10-24-13-15/h4-11,13,25H,14H2,1-3H3/b9-6+,20-19+,23-21?. The first-order chi connectivity index (χ1) is 13.2. The summed E-state index contributed by atoms with van der Waals surface area (Å²) in [5.74, 6) is 0.641. The fourth-order valence-electron chi connectivity index (χ4n) is 2.55. The summed E-state index contributed by atoms with van der Waals surface area (Å²) >= 11 is 1.46. The Balaban J connectivity index is 2.53. The van der Waals surface area contributed by atoms with E-state index in [1.165, 1.54) is 11.8 Å². The number of aliphatic imine (C=N–C) groups is 1. The molecule has 0 aliphatic rings. The number of hydrogen-bond acceptors (Lipinski definition) is 6. The lowest BCUT2D eigenvalue weighted by atomic mass is 9.97. The highest BCUT2D eigenvalue weighted by Gasteiger charge is 2.17. The molecule has 1 aromatic carbocycles. The van der Waals surface area contributed by atoms with Gasteiger partial charge in [0.1, 0.15) is 11.8 Å². The van der Waals surface area contributed by atoms with E-state index in [1.54, 1.807) is 38.7 Å². The number of allylic oxidation sites excluding steroid dienone is 2. The van der Waals surface area contributed by atoms with E-state index in [4.69, 9.17) is 4.74 Å². The van der Waals surface area contributed by atoms with Crippen LogP contribution in [-0.2, 0) is 6.61 Å². The highest BCUT2D eigenvalue weighted by atomic mass is 32.2. The molecule has 5 nitrogen and oxygen atoms in total. The number of aliphatic hydroxyl groups is 1. The van der Waals surface area contributed by atoms with E-state index >= 15 is 0 Å². The summed E-state index contributed by atoms with van der Waals surface area (Å²) < 4.78 is 5.22. The molecule has 0 amide bonds. The summed E-state index contributed by atoms with van der Waals surface area (Å²) in [6.45, 7) is -0.176. The van der Waals surface area contributed by atoms with E-state index in [9.17, 15) is 10.4 Å². The molecule has 0 saturated heterocycles. The third-order valence-electron chi connectivity index (χ3n) is 3.89. The second-order valence-corrected chi connectivity index (χ2v) is 6.28. The zero-order valence-corrected chi connectivity index (χ0v) is 16.3. The van der Waals surface area contributed by atoms with Gasteiger partial charge >= 0.3 is 0 Å². The molecule has 0 aliphatic carbocycles. The average Bonchev–Trinajstić information content (AvgIpc) is 2.73. The topological polar surface area (TPSA) is 78.5 Å². The number of pyridine rings is 1. The van der Waals surface area contributed by atoms with Crippen molar-refractivity contribution in [1.82, 2.24) is 4.98 Å². The molecule has 0 unspecified atom stereocenters. The number of nitriles is 1. The maximum atomic E-state index is 9.82. The molecule has 0 atom stereocenters. The number of methoxy groups -OCH3 is 1. The largest absolute Gasteiger partial charge is 0.497 e. The molecule has 0 radical (unpaired) electrons. The highest BCUT2D eigenvalue weighted by molar-refractivity contribution is 8.02. The molecule has 1 heterocycles. The lowest BCUT2D eigenvalue weighted by Crippen LogP contribution is -2.09. The zero-order chi connectivity index (χ0) is 19.6. The monoisotopic (exact) mass is 379 g/mol. The van der Waals surface area contributed by atoms with Crippen molar-refractivity contribution in [1.29, 1.82) is 5.26 Å². The van der Waals surface area contributed by atoms with Crippen LogP contribution in [0.3, 0.4) is 0 Å². The Morgan fingerprint density at radius 1 is 1.41 bits per heavy atom. The first-order valence-corrected chi connectivity index (χ1v) is 9.42. The zero-order valence-electron chi connectivity index (χ0n) is 15.5. The molecule has 2 aromatic rings. The number of benzene rings is 1. The molecule has 0 bridgehead atoms. The number of aliphatic hydroxyl groups excluding tert-OH is 1. The lowest BCUT2D eigenvalue weighted by Gasteiger charge is -2.13. The van der Waals surface area contributed by atoms with E-state index in [-0.39, 0.29) is 6.61 Å². The van der Waals surface area contributed by atoms with Crippen molar-refractivity contribution in [2.45, 2.75) is 6.61 Å². The Bertz CT molecular complexity index is 913. The van der Waals surface area contributed by atoms with Crippen LogP contribution in [0, 0.1) is 11.3 Å². The van der Waals surface area contributed by atoms with Gasteiger partial charge in [0.15, 0.2) is 0 Å². The van der Waals surface area contributed by atoms with E-state index in [0.717, 1.165) is 10.5 Å². The Kier molecular flexibility index (Phi) is 7.80. The normalized spacial score (nSPS) is 12.6. The van der Waals surface area contributed by atoms with Gasteiger partial charge in [-0.25, -0.2) is 0 Å². The van der Waals surface area contributed by atoms with Crippen LogP contribution in [0.15, 0.2) is 64.3 Å². The van der Waals surface area contributed by atoms with Crippen molar-refractivity contribution in [2.75, 3.05) is 20.4 Å². The Morgan fingerprint density at radius 3 is 2.78 bits per heavy atom. The van der Waals surface area contributed by atoms with Gasteiger partial charge in [-0.1, -0.05) is 12.1 Å². The van der Waals surface area contributed by atoms with E-state index in [0.29, 0.717) is 28.2 Å². The summed E-state index contributed by atoms with van der Waals surface area (Å²) in [4.78, 5) is 9.21. The first-order valence-electron chi connectivity index (χ1n) is 8.20. The number of hydrogen-bond donors (Lipinski definition) is 1. The third kappa shape index (κ3) is 5.07. The molecule has 138 valence electrons. The van der Waals surface area contributed by atoms with Crippen molar-refractivity contribution in [3.05, 3.63) is 76.0 Å². The second kappa shape index (κ2) is 10.3. The minimum atomic E-state index is -0.176. The van der Waals surface area contributed by atoms with Gasteiger partial charge in [-0.05, 0) is 47.7 Å². The van der Waals surface area contributed by atoms with Crippen molar-refractivity contribution in [3.63, 3.8) is 0 Å². The van der Waals surface area contributed by atoms with E-state index in [2.05, 4.69) is 16.0 Å². The SMILES string of the molecule is CN=C(/C(C#N)=C(\C=C\c1cccnc1)SC)c1ccc(OC)cc1CO. The Hall–Kier alpha value is -2.88. The predicted molar refractivity (Wildman–Crippen MR) is 111 cm³/mol. The molecule has 0 spiro atoms. The molecular formula is C21H21N3O2S. The summed E-state index contributed by atoms with van der Waals surface area (Å²) in [7, 11) is 3.21. The van der Waals surface area contributed by atoms with E-state index < -0.39 is 0 Å². The summed E-state index contributed by atoms with van der Waals surface area (Å²) in [5.41, 5.74) is 3.28. The van der Waals surface area contributed by atoms with Gasteiger partial charge in [-0.15, -0.1) is 11.8 Å². The third-order valence-corrected chi connectivity index (χ3v) is 4.67. The first kappa shape index (κ1) is 20.4. The van der Waals surface area contributed by atoms with Crippen LogP contribution in [0.5, 0.6) is 5.75 Å². The minimum absolute atomic E-state index is 0.176. The van der Waals surface area contributed by atoms with E-state index in [1.807, 2.05) is 36.6 Å². The second-order valence-electron chi connectivity index (χ2n) is 5.43. The van der Waals surface area contributed by atoms with Gasteiger partial charge in [-0.2, -0.15) is 5.26 Å². The van der Waals surface area contributed by atoms with Crippen LogP contribution in [0.1, 0.15) is 16.7 Å². The van der Waals surface area contributed by atoms with Crippen molar-refractivity contribution in [3.8, 4) is 11.8 Å². The number of aromatic nitrogens is 1. The maximum Gasteiger partial charge on any atom is 0.119 e. The van der Waals surface area contributed by atoms with Gasteiger partial charge in [0.25, 0.3) is 0 Å². The lowest BCUT2D eigenvalue weighted by molar-refractivity contribution is 0.281. The van der Waals surface area contributed by atoms with Gasteiger partial charge in [-0.3, -0.25) is 9.98 Å². The molecule has 6 heteroatoms. The molecular weight excluding hydrogens is 358 g/mol. The van der Waals surface area contributed by atoms with Crippen molar-refractivity contribution in [2.24, 2.45) is 4.99 Å². The quantitative estimate of drug-likeness (QED) is 0.449. The fraction of sp³-hybridized carbons (Fsp3) is 0.190. The van der Waals surface area contributed by atoms with Gasteiger partial charge in [0.2, 0.25) is 0 Å². The summed E-state index contributed by atoms with van der Waals surface area (Å²) in [6, 6.07) is 11.4. The molecule has 0 saturated carbocycles. The molecule has 27 heavy (non-hydrogen) atoms. The molecule has 2 rings (SSSR count). The predicted octanol–water partition coefficient (Wildman–Crippen LogP) is 3.86. The Labute approximate surface area is 163 Å². The highest BCUT2D eigenvalue weighted by Crippen LogP contribution is 2.26. The van der Waals surface area contributed by atoms with Gasteiger partial charge in [0, 0.05) is 29.9 Å². The maximum absolute atomic E-state index is 9.82. The fourth-order valence-corrected chi connectivity index (χ4v) is 3.10. The number of nitrogens with zero attached hydrogens (tertiary/aromatic N) is 3. The molecule has 0 fully saturated rings. The van der Waals surface area contributed by atoms with Crippen LogP contribution in [0.4, 0.5) is 0 Å². The number of thioether (sulfide) groups is 1. The van der Waals surface area contributed by atoms with Gasteiger partial charge < -0.3 is 9.84 Å². The van der Waals surface area contributed by atoms with Crippen LogP contribution in [0.2, 0.25) is 0 Å². The number of rotatable bonds is 7. The molecule has 0 aliphatic heterocycles. The summed E-state index contributed by atoms with van der Waals surface area (Å²) in [5, 5.41) is 19.6. The van der Waals surface area contributed by atoms with Gasteiger partial charge in [0.05, 0.1) is 25.0 Å². The molecule has 1 N–H and O–H groups in total. The van der Waals surface area contributed by atoms with Crippen LogP contribution in [0.25, 0.3) is 6.08 Å². The minimum Gasteiger partial charge on any atom is -0.497 e. The van der Waals surface area contributed by atoms with Crippen LogP contribution < -0.4 is 4.74 Å². The Morgan fingerprint density at radius 2 is 2.22 bits per heavy atom. The number of ether oxygens (including phenoxy) is 1. The smallest absolute Gasteiger partial charge is 0.119 e. The van der Waals surface area contributed by atoms with Crippen molar-refractivity contribution < 1.29 is 9.84 Å². The average molecular weight is 379 g/mol. The van der Waals surface area contributed by atoms with Crippen LogP contribution in [-0.4, -0.2) is 36.2 Å². The van der Waals surface area contributed by atoms with Crippen molar-refractivity contribution >= 4 is 23.5 Å². The van der Waals surface area contributed by atoms with Crippen LogP contribution >= 0.6 is 11.8 Å².